The van der Waals surface area contributed by atoms with Gasteiger partial charge in [-0.3, -0.25) is 9.59 Å². The number of hydrogen-bond donors (Lipinski definition) is 2. The third-order valence-corrected chi connectivity index (χ3v) is 5.29. The van der Waals surface area contributed by atoms with Crippen LogP contribution in [0.25, 0.3) is 0 Å². The summed E-state index contributed by atoms with van der Waals surface area (Å²) in [6, 6.07) is 11.6. The number of sulfone groups is 1. The molecule has 1 aliphatic heterocycles. The minimum atomic E-state index is -3.08. The topological polar surface area (TPSA) is 92.3 Å². The van der Waals surface area contributed by atoms with Gasteiger partial charge in [0.25, 0.3) is 5.91 Å². The molecule has 0 radical (unpaired) electrons. The lowest BCUT2D eigenvalue weighted by atomic mass is 10.1. The molecule has 25 heavy (non-hydrogen) atoms. The first-order chi connectivity index (χ1) is 11.9. The number of carbonyl (C=O) groups is 2. The van der Waals surface area contributed by atoms with Gasteiger partial charge in [0.2, 0.25) is 5.91 Å². The van der Waals surface area contributed by atoms with Crippen LogP contribution in [0.3, 0.4) is 0 Å². The van der Waals surface area contributed by atoms with Crippen LogP contribution in [-0.4, -0.2) is 20.2 Å². The number of anilines is 2. The zero-order valence-electron chi connectivity index (χ0n) is 13.3. The van der Waals surface area contributed by atoms with E-state index in [-0.39, 0.29) is 23.3 Å². The van der Waals surface area contributed by atoms with Crippen molar-refractivity contribution in [3.63, 3.8) is 0 Å². The molecule has 1 aliphatic rings. The van der Waals surface area contributed by atoms with Gasteiger partial charge < -0.3 is 10.6 Å². The Kier molecular flexibility index (Phi) is 4.41. The molecule has 0 fully saturated rings. The minimum Gasteiger partial charge on any atom is -0.323 e. The third kappa shape index (κ3) is 3.95. The Morgan fingerprint density at radius 1 is 0.960 bits per heavy atom. The summed E-state index contributed by atoms with van der Waals surface area (Å²) >= 11 is 0. The van der Waals surface area contributed by atoms with Crippen molar-refractivity contribution in [2.45, 2.75) is 11.5 Å². The van der Waals surface area contributed by atoms with Crippen molar-refractivity contribution in [1.82, 2.24) is 0 Å². The third-order valence-electron chi connectivity index (χ3n) is 3.79. The predicted octanol–water partition coefficient (Wildman–Crippen LogP) is 2.49. The van der Waals surface area contributed by atoms with E-state index in [2.05, 4.69) is 17.2 Å². The van der Waals surface area contributed by atoms with Gasteiger partial charge in [0.05, 0.1) is 11.5 Å². The Morgan fingerprint density at radius 3 is 2.44 bits per heavy atom. The van der Waals surface area contributed by atoms with Crippen molar-refractivity contribution >= 4 is 33.0 Å². The molecular weight excluding hydrogens is 340 g/mol. The lowest BCUT2D eigenvalue weighted by Gasteiger charge is -2.08. The Hall–Kier alpha value is -2.93. The minimum absolute atomic E-state index is 0.00485. The van der Waals surface area contributed by atoms with Crippen LogP contribution in [0.5, 0.6) is 0 Å². The first-order valence-corrected chi connectivity index (χ1v) is 9.35. The lowest BCUT2D eigenvalue weighted by molar-refractivity contribution is -0.111. The van der Waals surface area contributed by atoms with Gasteiger partial charge in [0.1, 0.15) is 0 Å². The largest absolute Gasteiger partial charge is 0.323 e. The van der Waals surface area contributed by atoms with E-state index < -0.39 is 9.84 Å². The van der Waals surface area contributed by atoms with E-state index in [1.165, 1.54) is 0 Å². The molecule has 2 aromatic carbocycles. The van der Waals surface area contributed by atoms with Crippen LogP contribution in [-0.2, 0) is 26.1 Å². The fourth-order valence-electron chi connectivity index (χ4n) is 2.64. The van der Waals surface area contributed by atoms with Crippen LogP contribution >= 0.6 is 0 Å². The molecule has 6 nitrogen and oxygen atoms in total. The van der Waals surface area contributed by atoms with E-state index in [4.69, 9.17) is 0 Å². The summed E-state index contributed by atoms with van der Waals surface area (Å²) in [5.74, 6) is -0.676. The van der Waals surface area contributed by atoms with E-state index in [0.717, 1.165) is 11.6 Å². The molecule has 3 rings (SSSR count). The number of benzene rings is 2. The van der Waals surface area contributed by atoms with E-state index in [0.29, 0.717) is 22.5 Å². The van der Waals surface area contributed by atoms with Crippen molar-refractivity contribution in [2.75, 3.05) is 10.6 Å². The maximum atomic E-state index is 12.4. The maximum Gasteiger partial charge on any atom is 0.255 e. The quantitative estimate of drug-likeness (QED) is 0.823. The highest BCUT2D eigenvalue weighted by atomic mass is 32.2. The highest BCUT2D eigenvalue weighted by Crippen LogP contribution is 2.27. The summed E-state index contributed by atoms with van der Waals surface area (Å²) in [6.07, 6.45) is 1.14. The van der Waals surface area contributed by atoms with Gasteiger partial charge in [0.15, 0.2) is 9.84 Å². The smallest absolute Gasteiger partial charge is 0.255 e. The molecule has 0 saturated carbocycles. The summed E-state index contributed by atoms with van der Waals surface area (Å²) in [7, 11) is -3.08. The van der Waals surface area contributed by atoms with Crippen LogP contribution in [0, 0.1) is 0 Å². The Bertz CT molecular complexity index is 980. The van der Waals surface area contributed by atoms with Crippen LogP contribution < -0.4 is 10.6 Å². The second kappa shape index (κ2) is 6.52. The molecule has 0 atom stereocenters. The van der Waals surface area contributed by atoms with E-state index in [9.17, 15) is 18.0 Å². The normalized spacial score (nSPS) is 14.4. The average molecular weight is 356 g/mol. The van der Waals surface area contributed by atoms with Gasteiger partial charge in [-0.05, 0) is 47.5 Å². The van der Waals surface area contributed by atoms with Crippen LogP contribution in [0.2, 0.25) is 0 Å². The lowest BCUT2D eigenvalue weighted by Crippen LogP contribution is -2.13. The monoisotopic (exact) mass is 356 g/mol. The maximum absolute atomic E-state index is 12.4. The van der Waals surface area contributed by atoms with Crippen molar-refractivity contribution < 1.29 is 18.0 Å². The highest BCUT2D eigenvalue weighted by molar-refractivity contribution is 7.90. The SMILES string of the molecule is C=CC(=O)Nc1cccc(C(=O)Nc2ccc3c(c2)CS(=O)(=O)C3)c1. The van der Waals surface area contributed by atoms with Crippen molar-refractivity contribution in [2.24, 2.45) is 0 Å². The molecule has 2 aromatic rings. The van der Waals surface area contributed by atoms with Gasteiger partial charge >= 0.3 is 0 Å². The van der Waals surface area contributed by atoms with Gasteiger partial charge in [-0.2, -0.15) is 0 Å². The van der Waals surface area contributed by atoms with Gasteiger partial charge in [-0.25, -0.2) is 8.42 Å². The predicted molar refractivity (Wildman–Crippen MR) is 96.0 cm³/mol. The number of amides is 2. The second-order valence-electron chi connectivity index (χ2n) is 5.74. The van der Waals surface area contributed by atoms with Gasteiger partial charge in [-0.15, -0.1) is 0 Å². The molecule has 2 amide bonds. The molecule has 1 heterocycles. The second-order valence-corrected chi connectivity index (χ2v) is 7.81. The Morgan fingerprint density at radius 2 is 1.68 bits per heavy atom. The van der Waals surface area contributed by atoms with Crippen LogP contribution in [0.15, 0.2) is 55.1 Å². The summed E-state index contributed by atoms with van der Waals surface area (Å²) < 4.78 is 23.3. The molecule has 0 spiro atoms. The fraction of sp³-hybridized carbons (Fsp3) is 0.111. The summed E-state index contributed by atoms with van der Waals surface area (Å²) in [4.78, 5) is 23.7. The molecule has 128 valence electrons. The number of carbonyl (C=O) groups excluding carboxylic acids is 2. The summed E-state index contributed by atoms with van der Waals surface area (Å²) in [5, 5.41) is 5.33. The summed E-state index contributed by atoms with van der Waals surface area (Å²) in [6.45, 7) is 3.37. The first-order valence-electron chi connectivity index (χ1n) is 7.53. The van der Waals surface area contributed by atoms with E-state index in [1.807, 2.05) is 0 Å². The molecule has 0 bridgehead atoms. The molecule has 7 heteroatoms. The first kappa shape index (κ1) is 16.9. The van der Waals surface area contributed by atoms with Crippen molar-refractivity contribution in [3.8, 4) is 0 Å². The van der Waals surface area contributed by atoms with Gasteiger partial charge in [-0.1, -0.05) is 18.7 Å². The molecule has 0 saturated heterocycles. The summed E-state index contributed by atoms with van der Waals surface area (Å²) in [5.41, 5.74) is 2.87. The number of nitrogens with one attached hydrogen (secondary N) is 2. The molecule has 2 N–H and O–H groups in total. The zero-order chi connectivity index (χ0) is 18.0. The molecule has 0 aromatic heterocycles. The number of hydrogen-bond acceptors (Lipinski definition) is 4. The molecule has 0 aliphatic carbocycles. The average Bonchev–Trinajstić information content (AvgIpc) is 2.88. The van der Waals surface area contributed by atoms with Crippen LogP contribution in [0.4, 0.5) is 11.4 Å². The van der Waals surface area contributed by atoms with E-state index >= 15 is 0 Å². The standard InChI is InChI=1S/C18H16N2O4S/c1-2-17(21)19-15-5-3-4-12(8-15)18(22)20-16-7-6-13-10-25(23,24)11-14(13)9-16/h2-9H,1,10-11H2,(H,19,21)(H,20,22). The Balaban J connectivity index is 1.76. The highest BCUT2D eigenvalue weighted by Gasteiger charge is 2.24. The molecular formula is C18H16N2O4S. The molecule has 0 unspecified atom stereocenters. The van der Waals surface area contributed by atoms with Crippen molar-refractivity contribution in [1.29, 1.82) is 0 Å². The number of fused-ring (bicyclic) bond motifs is 1. The van der Waals surface area contributed by atoms with Gasteiger partial charge in [0, 0.05) is 16.9 Å². The van der Waals surface area contributed by atoms with Crippen molar-refractivity contribution in [3.05, 3.63) is 71.8 Å². The fourth-order valence-corrected chi connectivity index (χ4v) is 4.24. The van der Waals surface area contributed by atoms with Crippen LogP contribution in [0.1, 0.15) is 21.5 Å². The Labute approximate surface area is 145 Å². The number of rotatable bonds is 4. The zero-order valence-corrected chi connectivity index (χ0v) is 14.1. The van der Waals surface area contributed by atoms with E-state index in [1.54, 1.807) is 42.5 Å².